The van der Waals surface area contributed by atoms with Crippen molar-refractivity contribution in [2.24, 2.45) is 11.7 Å². The van der Waals surface area contributed by atoms with Gasteiger partial charge < -0.3 is 15.8 Å². The molecule has 4 atom stereocenters. The maximum absolute atomic E-state index is 12.5. The summed E-state index contributed by atoms with van der Waals surface area (Å²) in [5, 5.41) is 3.23. The number of hydrogen-bond donors (Lipinski definition) is 2. The Balaban J connectivity index is 0.00000192. The third kappa shape index (κ3) is 4.46. The third-order valence-electron chi connectivity index (χ3n) is 4.90. The van der Waals surface area contributed by atoms with E-state index >= 15 is 0 Å². The Kier molecular flexibility index (Phi) is 6.45. The van der Waals surface area contributed by atoms with Crippen molar-refractivity contribution in [3.05, 3.63) is 35.4 Å². The van der Waals surface area contributed by atoms with Crippen LogP contribution < -0.4 is 11.1 Å². The minimum atomic E-state index is -0.0339. The number of benzene rings is 1. The Morgan fingerprint density at radius 1 is 1.22 bits per heavy atom. The van der Waals surface area contributed by atoms with Crippen molar-refractivity contribution in [3.63, 3.8) is 0 Å². The van der Waals surface area contributed by atoms with E-state index < -0.39 is 0 Å². The van der Waals surface area contributed by atoms with E-state index in [1.54, 1.807) is 0 Å². The molecule has 4 unspecified atom stereocenters. The fourth-order valence-electron chi connectivity index (χ4n) is 3.57. The van der Waals surface area contributed by atoms with Crippen molar-refractivity contribution < 1.29 is 9.53 Å². The van der Waals surface area contributed by atoms with Gasteiger partial charge in [-0.15, -0.1) is 12.4 Å². The summed E-state index contributed by atoms with van der Waals surface area (Å²) in [6.45, 7) is 2.84. The summed E-state index contributed by atoms with van der Waals surface area (Å²) >= 11 is 0. The van der Waals surface area contributed by atoms with Gasteiger partial charge in [0.25, 0.3) is 0 Å². The highest BCUT2D eigenvalue weighted by molar-refractivity contribution is 5.85. The van der Waals surface area contributed by atoms with Crippen LogP contribution in [0, 0.1) is 12.8 Å². The maximum atomic E-state index is 12.5. The Hall–Kier alpha value is -1.10. The van der Waals surface area contributed by atoms with Crippen LogP contribution in [-0.2, 0) is 9.53 Å². The minimum absolute atomic E-state index is 0. The normalized spacial score (nSPS) is 30.5. The van der Waals surface area contributed by atoms with Gasteiger partial charge in [0.05, 0.1) is 6.04 Å². The van der Waals surface area contributed by atoms with Crippen LogP contribution in [0.5, 0.6) is 0 Å². The zero-order valence-corrected chi connectivity index (χ0v) is 14.5. The second-order valence-electron chi connectivity index (χ2n) is 6.73. The van der Waals surface area contributed by atoms with Crippen LogP contribution in [0.25, 0.3) is 0 Å². The fraction of sp³-hybridized carbons (Fsp3) is 0.611. The zero-order valence-electron chi connectivity index (χ0n) is 13.7. The van der Waals surface area contributed by atoms with Crippen LogP contribution in [-0.4, -0.2) is 24.6 Å². The number of nitrogens with one attached hydrogen (secondary N) is 1. The molecule has 1 aromatic rings. The number of rotatable bonds is 3. The Morgan fingerprint density at radius 3 is 2.61 bits per heavy atom. The summed E-state index contributed by atoms with van der Waals surface area (Å²) in [7, 11) is 0. The molecule has 5 heteroatoms. The van der Waals surface area contributed by atoms with E-state index in [9.17, 15) is 4.79 Å². The molecule has 128 valence electrons. The predicted octanol–water partition coefficient (Wildman–Crippen LogP) is 2.88. The molecule has 1 heterocycles. The van der Waals surface area contributed by atoms with E-state index in [-0.39, 0.29) is 42.4 Å². The molecule has 2 aliphatic rings. The number of ether oxygens (including phenoxy) is 1. The van der Waals surface area contributed by atoms with Gasteiger partial charge in [-0.1, -0.05) is 29.8 Å². The van der Waals surface area contributed by atoms with Gasteiger partial charge in [0.15, 0.2) is 0 Å². The first kappa shape index (κ1) is 18.2. The number of halogens is 1. The summed E-state index contributed by atoms with van der Waals surface area (Å²) in [6.07, 6.45) is 4.62. The van der Waals surface area contributed by atoms with Gasteiger partial charge in [-0.3, -0.25) is 4.79 Å². The first-order chi connectivity index (χ1) is 10.6. The molecule has 0 aromatic heterocycles. The topological polar surface area (TPSA) is 64.3 Å². The Labute approximate surface area is 144 Å². The van der Waals surface area contributed by atoms with E-state index in [0.717, 1.165) is 44.3 Å². The molecule has 0 bridgehead atoms. The van der Waals surface area contributed by atoms with E-state index in [1.807, 2.05) is 0 Å². The molecular formula is C18H27ClN2O2. The summed E-state index contributed by atoms with van der Waals surface area (Å²) in [5.41, 5.74) is 8.31. The molecule has 4 nitrogen and oxygen atoms in total. The molecule has 1 saturated heterocycles. The molecule has 1 aliphatic carbocycles. The standard InChI is InChI=1S/C18H26N2O2.ClH/c1-12-4-6-13(7-5-12)17-16(3-2-10-22-17)20-18(21)14-8-9-15(19)11-14;/h4-7,14-17H,2-3,8-11,19H2,1H3,(H,20,21);1H. The lowest BCUT2D eigenvalue weighted by molar-refractivity contribution is -0.128. The monoisotopic (exact) mass is 338 g/mol. The molecule has 1 aromatic carbocycles. The highest BCUT2D eigenvalue weighted by atomic mass is 35.5. The van der Waals surface area contributed by atoms with E-state index in [0.29, 0.717) is 0 Å². The maximum Gasteiger partial charge on any atom is 0.223 e. The van der Waals surface area contributed by atoms with Crippen molar-refractivity contribution in [2.45, 2.75) is 57.2 Å². The highest BCUT2D eigenvalue weighted by Crippen LogP contribution is 2.30. The van der Waals surface area contributed by atoms with Crippen LogP contribution in [0.3, 0.4) is 0 Å². The van der Waals surface area contributed by atoms with Crippen LogP contribution in [0.15, 0.2) is 24.3 Å². The number of carbonyl (C=O) groups excluding carboxylic acids is 1. The number of carbonyl (C=O) groups is 1. The molecule has 3 N–H and O–H groups in total. The first-order valence-electron chi connectivity index (χ1n) is 8.37. The summed E-state index contributed by atoms with van der Waals surface area (Å²) < 4.78 is 5.96. The second kappa shape index (κ2) is 8.13. The third-order valence-corrected chi connectivity index (χ3v) is 4.90. The van der Waals surface area contributed by atoms with E-state index in [1.165, 1.54) is 5.56 Å². The molecule has 0 radical (unpaired) electrons. The number of hydrogen-bond acceptors (Lipinski definition) is 3. The van der Waals surface area contributed by atoms with Crippen LogP contribution in [0.4, 0.5) is 0 Å². The number of amides is 1. The summed E-state index contributed by atoms with van der Waals surface area (Å²) in [4.78, 5) is 12.5. The smallest absolute Gasteiger partial charge is 0.223 e. The average molecular weight is 339 g/mol. The largest absolute Gasteiger partial charge is 0.371 e. The highest BCUT2D eigenvalue weighted by Gasteiger charge is 2.33. The van der Waals surface area contributed by atoms with Crippen molar-refractivity contribution >= 4 is 18.3 Å². The van der Waals surface area contributed by atoms with E-state index in [4.69, 9.17) is 10.5 Å². The van der Waals surface area contributed by atoms with Gasteiger partial charge >= 0.3 is 0 Å². The average Bonchev–Trinajstić information content (AvgIpc) is 2.95. The molecule has 2 fully saturated rings. The molecule has 0 spiro atoms. The lowest BCUT2D eigenvalue weighted by Gasteiger charge is -2.33. The second-order valence-corrected chi connectivity index (χ2v) is 6.73. The predicted molar refractivity (Wildman–Crippen MR) is 93.6 cm³/mol. The molecule has 3 rings (SSSR count). The zero-order chi connectivity index (χ0) is 15.5. The summed E-state index contributed by atoms with van der Waals surface area (Å²) in [5.74, 6) is 0.233. The Bertz CT molecular complexity index is 520. The fourth-order valence-corrected chi connectivity index (χ4v) is 3.57. The lowest BCUT2D eigenvalue weighted by atomic mass is 9.94. The van der Waals surface area contributed by atoms with Crippen LogP contribution >= 0.6 is 12.4 Å². The van der Waals surface area contributed by atoms with E-state index in [2.05, 4.69) is 36.5 Å². The number of nitrogens with two attached hydrogens (primary N) is 1. The minimum Gasteiger partial charge on any atom is -0.371 e. The van der Waals surface area contributed by atoms with Crippen molar-refractivity contribution in [3.8, 4) is 0 Å². The van der Waals surface area contributed by atoms with Crippen LogP contribution in [0.2, 0.25) is 0 Å². The van der Waals surface area contributed by atoms with Crippen molar-refractivity contribution in [2.75, 3.05) is 6.61 Å². The van der Waals surface area contributed by atoms with Crippen molar-refractivity contribution in [1.29, 1.82) is 0 Å². The van der Waals surface area contributed by atoms with Gasteiger partial charge in [0.1, 0.15) is 6.10 Å². The molecular weight excluding hydrogens is 312 g/mol. The van der Waals surface area contributed by atoms with Gasteiger partial charge in [-0.25, -0.2) is 0 Å². The quantitative estimate of drug-likeness (QED) is 0.890. The molecule has 1 aliphatic heterocycles. The van der Waals surface area contributed by atoms with Gasteiger partial charge in [-0.2, -0.15) is 0 Å². The van der Waals surface area contributed by atoms with Gasteiger partial charge in [-0.05, 0) is 44.6 Å². The Morgan fingerprint density at radius 2 is 1.96 bits per heavy atom. The SMILES string of the molecule is Cc1ccc(C2OCCCC2NC(=O)C2CCC(N)C2)cc1.Cl. The van der Waals surface area contributed by atoms with Crippen molar-refractivity contribution in [1.82, 2.24) is 5.32 Å². The first-order valence-corrected chi connectivity index (χ1v) is 8.37. The summed E-state index contributed by atoms with van der Waals surface area (Å²) in [6, 6.07) is 8.67. The van der Waals surface area contributed by atoms with Gasteiger partial charge in [0.2, 0.25) is 5.91 Å². The van der Waals surface area contributed by atoms with Crippen LogP contribution in [0.1, 0.15) is 49.3 Å². The molecule has 23 heavy (non-hydrogen) atoms. The molecule has 1 amide bonds. The number of aryl methyl sites for hydroxylation is 1. The van der Waals surface area contributed by atoms with Gasteiger partial charge in [0, 0.05) is 18.6 Å². The lowest BCUT2D eigenvalue weighted by Crippen LogP contribution is -2.45. The molecule has 1 saturated carbocycles.